The van der Waals surface area contributed by atoms with Crippen molar-refractivity contribution in [1.82, 2.24) is 4.31 Å². The number of carboxylic acids is 1. The second-order valence-electron chi connectivity index (χ2n) is 4.95. The number of benzene rings is 1. The van der Waals surface area contributed by atoms with E-state index in [1.165, 1.54) is 23.5 Å². The van der Waals surface area contributed by atoms with Gasteiger partial charge in [-0.2, -0.15) is 4.31 Å². The zero-order chi connectivity index (χ0) is 16.3. The zero-order valence-electron chi connectivity index (χ0n) is 12.3. The summed E-state index contributed by atoms with van der Waals surface area (Å²) in [6, 6.07) is 9.47. The van der Waals surface area contributed by atoms with Crippen molar-refractivity contribution in [3.8, 4) is 0 Å². The first-order valence-electron chi connectivity index (χ1n) is 6.66. The number of hydrogen-bond acceptors (Lipinski definition) is 4. The molecule has 0 aliphatic carbocycles. The van der Waals surface area contributed by atoms with Gasteiger partial charge < -0.3 is 5.11 Å². The highest BCUT2D eigenvalue weighted by Gasteiger charge is 2.32. The molecule has 0 aliphatic heterocycles. The third-order valence-electron chi connectivity index (χ3n) is 3.31. The number of aliphatic carboxylic acids is 1. The molecule has 1 N–H and O–H groups in total. The van der Waals surface area contributed by atoms with Gasteiger partial charge in [0.1, 0.15) is 6.54 Å². The monoisotopic (exact) mass is 339 g/mol. The molecule has 1 heterocycles. The average Bonchev–Trinajstić information content (AvgIpc) is 2.98. The molecule has 5 nitrogen and oxygen atoms in total. The van der Waals surface area contributed by atoms with E-state index in [-0.39, 0.29) is 4.90 Å². The molecule has 1 atom stereocenters. The van der Waals surface area contributed by atoms with E-state index in [9.17, 15) is 13.2 Å². The highest BCUT2D eigenvalue weighted by molar-refractivity contribution is 7.89. The second kappa shape index (κ2) is 6.60. The smallest absolute Gasteiger partial charge is 0.318 e. The summed E-state index contributed by atoms with van der Waals surface area (Å²) in [5.41, 5.74) is 0.940. The Morgan fingerprint density at radius 2 is 1.91 bits per heavy atom. The largest absolute Gasteiger partial charge is 0.480 e. The minimum atomic E-state index is -3.88. The van der Waals surface area contributed by atoms with Crippen LogP contribution in [0.1, 0.15) is 23.4 Å². The topological polar surface area (TPSA) is 74.7 Å². The molecule has 22 heavy (non-hydrogen) atoms. The van der Waals surface area contributed by atoms with Crippen LogP contribution in [0.3, 0.4) is 0 Å². The average molecular weight is 339 g/mol. The number of thiophene rings is 1. The highest BCUT2D eigenvalue weighted by atomic mass is 32.2. The van der Waals surface area contributed by atoms with Gasteiger partial charge in [0.25, 0.3) is 0 Å². The van der Waals surface area contributed by atoms with Crippen LogP contribution in [0.15, 0.2) is 46.7 Å². The van der Waals surface area contributed by atoms with E-state index in [0.717, 1.165) is 14.7 Å². The van der Waals surface area contributed by atoms with Crippen LogP contribution in [0, 0.1) is 6.92 Å². The van der Waals surface area contributed by atoms with Crippen LogP contribution in [0.4, 0.5) is 0 Å². The first-order valence-corrected chi connectivity index (χ1v) is 8.98. The van der Waals surface area contributed by atoms with Crippen LogP contribution in [0.5, 0.6) is 0 Å². The molecule has 0 radical (unpaired) electrons. The van der Waals surface area contributed by atoms with E-state index >= 15 is 0 Å². The Morgan fingerprint density at radius 1 is 1.27 bits per heavy atom. The maximum Gasteiger partial charge on any atom is 0.318 e. The van der Waals surface area contributed by atoms with E-state index < -0.39 is 28.6 Å². The summed E-state index contributed by atoms with van der Waals surface area (Å²) in [7, 11) is -3.88. The van der Waals surface area contributed by atoms with Gasteiger partial charge in [-0.1, -0.05) is 23.8 Å². The predicted molar refractivity (Wildman–Crippen MR) is 85.4 cm³/mol. The van der Waals surface area contributed by atoms with Crippen molar-refractivity contribution in [3.63, 3.8) is 0 Å². The maximum atomic E-state index is 12.8. The Labute approximate surface area is 133 Å². The van der Waals surface area contributed by atoms with E-state index in [1.807, 2.05) is 18.4 Å². The summed E-state index contributed by atoms with van der Waals surface area (Å²) in [5.74, 6) is -1.18. The van der Waals surface area contributed by atoms with Gasteiger partial charge in [0.15, 0.2) is 0 Å². The second-order valence-corrected chi connectivity index (χ2v) is 7.82. The number of sulfonamides is 1. The molecule has 0 bridgehead atoms. The van der Waals surface area contributed by atoms with Crippen molar-refractivity contribution >= 4 is 27.3 Å². The molecule has 1 aromatic heterocycles. The van der Waals surface area contributed by atoms with Gasteiger partial charge in [0, 0.05) is 4.88 Å². The van der Waals surface area contributed by atoms with Crippen LogP contribution >= 0.6 is 11.3 Å². The summed E-state index contributed by atoms with van der Waals surface area (Å²) in [6.07, 6.45) is 0. The third kappa shape index (κ3) is 3.55. The molecule has 0 fully saturated rings. The quantitative estimate of drug-likeness (QED) is 0.878. The fraction of sp³-hybridized carbons (Fsp3) is 0.267. The Balaban J connectivity index is 2.43. The fourth-order valence-corrected chi connectivity index (χ4v) is 4.50. The summed E-state index contributed by atoms with van der Waals surface area (Å²) in [4.78, 5) is 12.0. The Morgan fingerprint density at radius 3 is 2.41 bits per heavy atom. The van der Waals surface area contributed by atoms with Gasteiger partial charge in [-0.15, -0.1) is 11.3 Å². The molecule has 0 saturated heterocycles. The summed E-state index contributed by atoms with van der Waals surface area (Å²) in [6.45, 7) is 2.98. The van der Waals surface area contributed by atoms with Crippen molar-refractivity contribution in [2.24, 2.45) is 0 Å². The Bertz CT molecular complexity index is 736. The summed E-state index contributed by atoms with van der Waals surface area (Å²) >= 11 is 1.40. The molecular weight excluding hydrogens is 322 g/mol. The fourth-order valence-electron chi connectivity index (χ4n) is 2.08. The molecule has 118 valence electrons. The molecule has 0 spiro atoms. The number of hydrogen-bond donors (Lipinski definition) is 1. The van der Waals surface area contributed by atoms with Crippen LogP contribution in [0.2, 0.25) is 0 Å². The number of nitrogens with zero attached hydrogens (tertiary/aromatic N) is 1. The first kappa shape index (κ1) is 16.7. The Kier molecular flexibility index (Phi) is 5.00. The lowest BCUT2D eigenvalue weighted by molar-refractivity contribution is -0.137. The maximum absolute atomic E-state index is 12.8. The van der Waals surface area contributed by atoms with Gasteiger partial charge in [-0.05, 0) is 37.4 Å². The number of rotatable bonds is 6. The van der Waals surface area contributed by atoms with Crippen molar-refractivity contribution in [1.29, 1.82) is 0 Å². The lowest BCUT2D eigenvalue weighted by Gasteiger charge is -2.26. The molecule has 0 aliphatic rings. The van der Waals surface area contributed by atoms with E-state index in [2.05, 4.69) is 0 Å². The van der Waals surface area contributed by atoms with Gasteiger partial charge in [-0.3, -0.25) is 4.79 Å². The van der Waals surface area contributed by atoms with Gasteiger partial charge in [0.2, 0.25) is 10.0 Å². The number of carboxylic acid groups (broad SMARTS) is 1. The van der Waals surface area contributed by atoms with Gasteiger partial charge >= 0.3 is 5.97 Å². The lowest BCUT2D eigenvalue weighted by atomic mass is 10.2. The minimum Gasteiger partial charge on any atom is -0.480 e. The molecule has 0 amide bonds. The SMILES string of the molecule is Cc1ccc(S(=O)(=O)N(CC(=O)O)C(C)c2cccs2)cc1. The van der Waals surface area contributed by atoms with Crippen LogP contribution in [0.25, 0.3) is 0 Å². The van der Waals surface area contributed by atoms with Crippen molar-refractivity contribution in [3.05, 3.63) is 52.2 Å². The van der Waals surface area contributed by atoms with Crippen molar-refractivity contribution in [2.75, 3.05) is 6.54 Å². The van der Waals surface area contributed by atoms with Crippen LogP contribution in [-0.4, -0.2) is 30.3 Å². The number of aryl methyl sites for hydroxylation is 1. The van der Waals surface area contributed by atoms with Crippen molar-refractivity contribution in [2.45, 2.75) is 24.8 Å². The Hall–Kier alpha value is -1.70. The molecule has 1 unspecified atom stereocenters. The van der Waals surface area contributed by atoms with E-state index in [4.69, 9.17) is 5.11 Å². The summed E-state index contributed by atoms with van der Waals surface area (Å²) < 4.78 is 26.6. The number of carbonyl (C=O) groups is 1. The predicted octanol–water partition coefficient (Wildman–Crippen LogP) is 2.89. The van der Waals surface area contributed by atoms with Crippen molar-refractivity contribution < 1.29 is 18.3 Å². The van der Waals surface area contributed by atoms with Gasteiger partial charge in [0.05, 0.1) is 10.9 Å². The summed E-state index contributed by atoms with van der Waals surface area (Å²) in [5, 5.41) is 10.9. The molecule has 7 heteroatoms. The van der Waals surface area contributed by atoms with E-state index in [0.29, 0.717) is 0 Å². The van der Waals surface area contributed by atoms with Gasteiger partial charge in [-0.25, -0.2) is 8.42 Å². The zero-order valence-corrected chi connectivity index (χ0v) is 13.9. The molecule has 2 aromatic rings. The first-order chi connectivity index (χ1) is 10.3. The van der Waals surface area contributed by atoms with E-state index in [1.54, 1.807) is 25.1 Å². The minimum absolute atomic E-state index is 0.0998. The highest BCUT2D eigenvalue weighted by Crippen LogP contribution is 2.29. The molecule has 1 aromatic carbocycles. The molecule has 2 rings (SSSR count). The molecular formula is C15H17NO4S2. The van der Waals surface area contributed by atoms with Crippen LogP contribution < -0.4 is 0 Å². The lowest BCUT2D eigenvalue weighted by Crippen LogP contribution is -2.37. The normalized spacial score (nSPS) is 13.2. The standard InChI is InChI=1S/C15H17NO4S2/c1-11-5-7-13(8-6-11)22(19,20)16(10-15(17)18)12(2)14-4-3-9-21-14/h3-9,12H,10H2,1-2H3,(H,17,18). The molecule has 0 saturated carbocycles. The third-order valence-corrected chi connectivity index (χ3v) is 6.28. The van der Waals surface area contributed by atoms with Crippen LogP contribution in [-0.2, 0) is 14.8 Å².